The third kappa shape index (κ3) is 4.17. The van der Waals surface area contributed by atoms with Crippen LogP contribution in [0.4, 0.5) is 18.9 Å². The van der Waals surface area contributed by atoms with E-state index in [1.807, 2.05) is 17.0 Å². The summed E-state index contributed by atoms with van der Waals surface area (Å²) in [6.07, 6.45) is -3.68. The fourth-order valence-electron chi connectivity index (χ4n) is 4.02. The Morgan fingerprint density at radius 2 is 1.73 bits per heavy atom. The third-order valence-electron chi connectivity index (χ3n) is 5.79. The van der Waals surface area contributed by atoms with Gasteiger partial charge in [0.25, 0.3) is 0 Å². The van der Waals surface area contributed by atoms with Crippen molar-refractivity contribution in [1.29, 1.82) is 5.26 Å². The lowest BCUT2D eigenvalue weighted by atomic mass is 10.1. The summed E-state index contributed by atoms with van der Waals surface area (Å²) in [7, 11) is 0. The van der Waals surface area contributed by atoms with Crippen LogP contribution in [0.2, 0.25) is 0 Å². The lowest BCUT2D eigenvalue weighted by Gasteiger charge is -2.36. The Balaban J connectivity index is 1.36. The van der Waals surface area contributed by atoms with Crippen molar-refractivity contribution in [3.05, 3.63) is 63.6 Å². The number of nitrogens with zero attached hydrogens (tertiary/aromatic N) is 3. The standard InChI is InChI=1S/C22H19BrF3N3O/c23-17-6-3-15(13-27)20(11-17)28-7-9-29(10-8-28)21(30)19-12-18(19)14-1-4-16(5-2-14)22(24,25)26/h1-6,11,18-19H,7-10,12H2. The van der Waals surface area contributed by atoms with Gasteiger partial charge in [-0.2, -0.15) is 18.4 Å². The van der Waals surface area contributed by atoms with E-state index in [1.165, 1.54) is 12.1 Å². The molecule has 1 saturated heterocycles. The number of amides is 1. The highest BCUT2D eigenvalue weighted by molar-refractivity contribution is 9.10. The van der Waals surface area contributed by atoms with Gasteiger partial charge < -0.3 is 9.80 Å². The zero-order valence-corrected chi connectivity index (χ0v) is 17.6. The second-order valence-electron chi connectivity index (χ2n) is 7.65. The lowest BCUT2D eigenvalue weighted by Crippen LogP contribution is -2.49. The molecule has 0 aromatic heterocycles. The van der Waals surface area contributed by atoms with Crippen molar-refractivity contribution < 1.29 is 18.0 Å². The van der Waals surface area contributed by atoms with E-state index < -0.39 is 11.7 Å². The summed E-state index contributed by atoms with van der Waals surface area (Å²) in [6, 6.07) is 12.9. The number of carbonyl (C=O) groups excluding carboxylic acids is 1. The first kappa shape index (κ1) is 20.7. The van der Waals surface area contributed by atoms with Crippen LogP contribution < -0.4 is 4.90 Å². The normalized spacial score (nSPS) is 21.3. The summed E-state index contributed by atoms with van der Waals surface area (Å²) >= 11 is 3.44. The monoisotopic (exact) mass is 477 g/mol. The molecule has 1 heterocycles. The van der Waals surface area contributed by atoms with Crippen molar-refractivity contribution in [3.8, 4) is 6.07 Å². The SMILES string of the molecule is N#Cc1ccc(Br)cc1N1CCN(C(=O)C2CC2c2ccc(C(F)(F)F)cc2)CC1. The van der Waals surface area contributed by atoms with Crippen LogP contribution >= 0.6 is 15.9 Å². The molecule has 4 nitrogen and oxygen atoms in total. The van der Waals surface area contributed by atoms with Crippen molar-refractivity contribution in [2.75, 3.05) is 31.1 Å². The molecular formula is C22H19BrF3N3O. The van der Waals surface area contributed by atoms with Gasteiger partial charge in [0.05, 0.1) is 16.8 Å². The van der Waals surface area contributed by atoms with Gasteiger partial charge in [-0.1, -0.05) is 28.1 Å². The Kier molecular flexibility index (Phi) is 5.49. The molecule has 0 radical (unpaired) electrons. The molecular weight excluding hydrogens is 459 g/mol. The van der Waals surface area contributed by atoms with Crippen LogP contribution in [0.15, 0.2) is 46.9 Å². The van der Waals surface area contributed by atoms with E-state index in [0.717, 1.165) is 27.9 Å². The second-order valence-corrected chi connectivity index (χ2v) is 8.57. The topological polar surface area (TPSA) is 47.3 Å². The largest absolute Gasteiger partial charge is 0.416 e. The van der Waals surface area contributed by atoms with Crippen LogP contribution in [0.5, 0.6) is 0 Å². The number of halogens is 4. The molecule has 1 aliphatic carbocycles. The number of piperazine rings is 1. The molecule has 30 heavy (non-hydrogen) atoms. The molecule has 1 amide bonds. The summed E-state index contributed by atoms with van der Waals surface area (Å²) in [4.78, 5) is 16.8. The summed E-state index contributed by atoms with van der Waals surface area (Å²) in [6.45, 7) is 2.39. The van der Waals surface area contributed by atoms with Gasteiger partial charge in [0, 0.05) is 36.6 Å². The first-order chi connectivity index (χ1) is 14.3. The van der Waals surface area contributed by atoms with E-state index >= 15 is 0 Å². The fourth-order valence-corrected chi connectivity index (χ4v) is 4.37. The highest BCUT2D eigenvalue weighted by Gasteiger charge is 2.46. The first-order valence-corrected chi connectivity index (χ1v) is 10.5. The van der Waals surface area contributed by atoms with E-state index in [0.29, 0.717) is 38.2 Å². The molecule has 0 spiro atoms. The Labute approximate surface area is 181 Å². The van der Waals surface area contributed by atoms with Gasteiger partial charge in [-0.25, -0.2) is 0 Å². The van der Waals surface area contributed by atoms with Crippen molar-refractivity contribution in [2.24, 2.45) is 5.92 Å². The van der Waals surface area contributed by atoms with Crippen LogP contribution in [0.3, 0.4) is 0 Å². The van der Waals surface area contributed by atoms with Crippen LogP contribution in [0.1, 0.15) is 29.0 Å². The summed E-state index contributed by atoms with van der Waals surface area (Å²) < 4.78 is 39.1. The average molecular weight is 478 g/mol. The zero-order chi connectivity index (χ0) is 21.5. The molecule has 1 saturated carbocycles. The van der Waals surface area contributed by atoms with Gasteiger partial charge in [0.1, 0.15) is 6.07 Å². The first-order valence-electron chi connectivity index (χ1n) is 9.68. The number of hydrogen-bond donors (Lipinski definition) is 0. The molecule has 2 fully saturated rings. The van der Waals surface area contributed by atoms with Gasteiger partial charge in [-0.15, -0.1) is 0 Å². The van der Waals surface area contributed by atoms with Crippen LogP contribution in [0, 0.1) is 17.2 Å². The molecule has 2 aromatic rings. The number of rotatable bonds is 3. The van der Waals surface area contributed by atoms with E-state index in [-0.39, 0.29) is 17.7 Å². The van der Waals surface area contributed by atoms with E-state index in [4.69, 9.17) is 0 Å². The van der Waals surface area contributed by atoms with E-state index in [9.17, 15) is 23.2 Å². The number of carbonyl (C=O) groups is 1. The number of hydrogen-bond acceptors (Lipinski definition) is 3. The molecule has 2 aliphatic rings. The highest BCUT2D eigenvalue weighted by Crippen LogP contribution is 2.49. The molecule has 2 atom stereocenters. The minimum atomic E-state index is -4.35. The minimum Gasteiger partial charge on any atom is -0.367 e. The number of benzene rings is 2. The van der Waals surface area contributed by atoms with Gasteiger partial charge >= 0.3 is 6.18 Å². The fraction of sp³-hybridized carbons (Fsp3) is 0.364. The average Bonchev–Trinajstić information content (AvgIpc) is 3.54. The molecule has 1 aliphatic heterocycles. The number of nitriles is 1. The maximum absolute atomic E-state index is 12.9. The molecule has 156 valence electrons. The molecule has 8 heteroatoms. The second kappa shape index (κ2) is 7.95. The van der Waals surface area contributed by atoms with Crippen LogP contribution in [0.25, 0.3) is 0 Å². The van der Waals surface area contributed by atoms with Gasteiger partial charge in [0.15, 0.2) is 0 Å². The summed E-state index contributed by atoms with van der Waals surface area (Å²) in [5.74, 6) is -0.101. The highest BCUT2D eigenvalue weighted by atomic mass is 79.9. The van der Waals surface area contributed by atoms with Crippen molar-refractivity contribution >= 4 is 27.5 Å². The van der Waals surface area contributed by atoms with E-state index in [1.54, 1.807) is 6.07 Å². The third-order valence-corrected chi connectivity index (χ3v) is 6.28. The van der Waals surface area contributed by atoms with Crippen molar-refractivity contribution in [1.82, 2.24) is 4.90 Å². The van der Waals surface area contributed by atoms with Crippen molar-refractivity contribution in [2.45, 2.75) is 18.5 Å². The van der Waals surface area contributed by atoms with Gasteiger partial charge in [-0.3, -0.25) is 4.79 Å². The minimum absolute atomic E-state index is 0.00640. The number of anilines is 1. The van der Waals surface area contributed by atoms with Crippen molar-refractivity contribution in [3.63, 3.8) is 0 Å². The van der Waals surface area contributed by atoms with E-state index in [2.05, 4.69) is 26.9 Å². The molecule has 4 rings (SSSR count). The predicted molar refractivity (Wildman–Crippen MR) is 110 cm³/mol. The Morgan fingerprint density at radius 1 is 1.07 bits per heavy atom. The Hall–Kier alpha value is -2.53. The lowest BCUT2D eigenvalue weighted by molar-refractivity contribution is -0.137. The zero-order valence-electron chi connectivity index (χ0n) is 16.0. The Bertz CT molecular complexity index is 992. The molecule has 0 N–H and O–H groups in total. The summed E-state index contributed by atoms with van der Waals surface area (Å²) in [5.41, 5.74) is 1.57. The van der Waals surface area contributed by atoms with Gasteiger partial charge in [-0.05, 0) is 48.2 Å². The van der Waals surface area contributed by atoms with Crippen LogP contribution in [-0.2, 0) is 11.0 Å². The quantitative estimate of drug-likeness (QED) is 0.638. The molecule has 2 unspecified atom stereocenters. The maximum Gasteiger partial charge on any atom is 0.416 e. The molecule has 0 bridgehead atoms. The predicted octanol–water partition coefficient (Wildman–Crippen LogP) is 4.79. The maximum atomic E-state index is 12.9. The molecule has 2 aromatic carbocycles. The van der Waals surface area contributed by atoms with Crippen LogP contribution in [-0.4, -0.2) is 37.0 Å². The Morgan fingerprint density at radius 3 is 2.33 bits per heavy atom. The van der Waals surface area contributed by atoms with Gasteiger partial charge in [0.2, 0.25) is 5.91 Å². The number of alkyl halides is 3. The smallest absolute Gasteiger partial charge is 0.367 e. The summed E-state index contributed by atoms with van der Waals surface area (Å²) in [5, 5.41) is 9.34.